The van der Waals surface area contributed by atoms with Crippen molar-refractivity contribution >= 4 is 21.4 Å². The van der Waals surface area contributed by atoms with Gasteiger partial charge >= 0.3 is 0 Å². The summed E-state index contributed by atoms with van der Waals surface area (Å²) in [6.45, 7) is 6.80. The monoisotopic (exact) mass is 355 g/mol. The van der Waals surface area contributed by atoms with Crippen molar-refractivity contribution in [1.82, 2.24) is 4.31 Å². The average molecular weight is 355 g/mol. The van der Waals surface area contributed by atoms with Crippen LogP contribution < -0.4 is 5.32 Å². The number of nitrogens with zero attached hydrogens (tertiary/aromatic N) is 2. The predicted molar refractivity (Wildman–Crippen MR) is 93.7 cm³/mol. The summed E-state index contributed by atoms with van der Waals surface area (Å²) in [5, 5.41) is 14.5. The normalized spacial score (nSPS) is 16.8. The third-order valence-electron chi connectivity index (χ3n) is 4.48. The Balaban J connectivity index is 2.39. The fraction of sp³-hybridized carbons (Fsp3) is 0.625. The lowest BCUT2D eigenvalue weighted by atomic mass is 10.0. The maximum atomic E-state index is 12.7. The molecule has 1 N–H and O–H groups in total. The largest absolute Gasteiger partial charge is 0.375 e. The van der Waals surface area contributed by atoms with Crippen molar-refractivity contribution in [1.29, 1.82) is 0 Å². The molecule has 1 saturated heterocycles. The zero-order valence-electron chi connectivity index (χ0n) is 14.4. The van der Waals surface area contributed by atoms with E-state index in [2.05, 4.69) is 5.32 Å². The highest BCUT2D eigenvalue weighted by atomic mass is 32.2. The Hall–Kier alpha value is -1.67. The number of rotatable bonds is 6. The SMILES string of the molecule is CCC(C)(C)Nc1ccc(S(=O)(=O)N2CCCCC2)cc1[N+](=O)[O-]. The molecule has 0 spiro atoms. The minimum absolute atomic E-state index is 0.0176. The summed E-state index contributed by atoms with van der Waals surface area (Å²) < 4.78 is 26.8. The summed E-state index contributed by atoms with van der Waals surface area (Å²) in [4.78, 5) is 10.9. The Morgan fingerprint density at radius 3 is 2.42 bits per heavy atom. The molecule has 0 bridgehead atoms. The number of hydrogen-bond acceptors (Lipinski definition) is 5. The first-order chi connectivity index (χ1) is 11.2. The summed E-state index contributed by atoms with van der Waals surface area (Å²) in [6, 6.07) is 4.11. The first-order valence-electron chi connectivity index (χ1n) is 8.24. The van der Waals surface area contributed by atoms with Crippen LogP contribution >= 0.6 is 0 Å². The van der Waals surface area contributed by atoms with Crippen molar-refractivity contribution in [3.05, 3.63) is 28.3 Å². The molecule has 1 aliphatic heterocycles. The van der Waals surface area contributed by atoms with Gasteiger partial charge < -0.3 is 5.32 Å². The molecule has 134 valence electrons. The van der Waals surface area contributed by atoms with Gasteiger partial charge in [-0.3, -0.25) is 10.1 Å². The van der Waals surface area contributed by atoms with E-state index in [1.54, 1.807) is 0 Å². The molecule has 2 rings (SSSR count). The number of nitro benzene ring substituents is 1. The lowest BCUT2D eigenvalue weighted by Gasteiger charge is -2.27. The van der Waals surface area contributed by atoms with E-state index in [1.807, 2.05) is 20.8 Å². The zero-order chi connectivity index (χ0) is 18.0. The molecular formula is C16H25N3O4S. The molecule has 1 aromatic rings. The van der Waals surface area contributed by atoms with Crippen molar-refractivity contribution in [2.24, 2.45) is 0 Å². The Morgan fingerprint density at radius 2 is 1.88 bits per heavy atom. The number of hydrogen-bond donors (Lipinski definition) is 1. The molecule has 0 atom stereocenters. The van der Waals surface area contributed by atoms with Crippen LogP contribution in [-0.4, -0.2) is 36.3 Å². The summed E-state index contributed by atoms with van der Waals surface area (Å²) in [5.74, 6) is 0. The molecule has 0 aromatic heterocycles. The van der Waals surface area contributed by atoms with Crippen molar-refractivity contribution in [2.45, 2.75) is 56.9 Å². The average Bonchev–Trinajstić information content (AvgIpc) is 2.55. The molecule has 1 aliphatic rings. The molecule has 1 heterocycles. The fourth-order valence-electron chi connectivity index (χ4n) is 2.64. The van der Waals surface area contributed by atoms with E-state index in [9.17, 15) is 18.5 Å². The third kappa shape index (κ3) is 4.05. The van der Waals surface area contributed by atoms with Crippen LogP contribution in [0.15, 0.2) is 23.1 Å². The fourth-order valence-corrected chi connectivity index (χ4v) is 4.17. The van der Waals surface area contributed by atoms with Crippen molar-refractivity contribution in [3.8, 4) is 0 Å². The second-order valence-electron chi connectivity index (χ2n) is 6.76. The zero-order valence-corrected chi connectivity index (χ0v) is 15.2. The van der Waals surface area contributed by atoms with Gasteiger partial charge in [0.1, 0.15) is 5.69 Å². The molecular weight excluding hydrogens is 330 g/mol. The predicted octanol–water partition coefficient (Wildman–Crippen LogP) is 3.37. The molecule has 1 aromatic carbocycles. The van der Waals surface area contributed by atoms with Crippen molar-refractivity contribution < 1.29 is 13.3 Å². The lowest BCUT2D eigenvalue weighted by molar-refractivity contribution is -0.384. The molecule has 7 nitrogen and oxygen atoms in total. The van der Waals surface area contributed by atoms with Gasteiger partial charge in [0.2, 0.25) is 10.0 Å². The second kappa shape index (κ2) is 7.06. The highest BCUT2D eigenvalue weighted by Crippen LogP contribution is 2.32. The molecule has 0 saturated carbocycles. The van der Waals surface area contributed by atoms with Gasteiger partial charge in [-0.15, -0.1) is 0 Å². The van der Waals surface area contributed by atoms with Gasteiger partial charge in [0.25, 0.3) is 5.69 Å². The first kappa shape index (κ1) is 18.7. The molecule has 0 radical (unpaired) electrons. The van der Waals surface area contributed by atoms with Crippen LogP contribution in [0.5, 0.6) is 0 Å². The van der Waals surface area contributed by atoms with Crippen molar-refractivity contribution in [2.75, 3.05) is 18.4 Å². The Kier molecular flexibility index (Phi) is 5.49. The van der Waals surface area contributed by atoms with E-state index in [4.69, 9.17) is 0 Å². The highest BCUT2D eigenvalue weighted by molar-refractivity contribution is 7.89. The van der Waals surface area contributed by atoms with Gasteiger partial charge in [-0.05, 0) is 45.2 Å². The van der Waals surface area contributed by atoms with E-state index in [0.717, 1.165) is 31.7 Å². The van der Waals surface area contributed by atoms with Crippen LogP contribution in [-0.2, 0) is 10.0 Å². The van der Waals surface area contributed by atoms with Gasteiger partial charge in [0.15, 0.2) is 0 Å². The van der Waals surface area contributed by atoms with Gasteiger partial charge in [0, 0.05) is 24.7 Å². The molecule has 1 fully saturated rings. The van der Waals surface area contributed by atoms with E-state index < -0.39 is 14.9 Å². The van der Waals surface area contributed by atoms with E-state index >= 15 is 0 Å². The highest BCUT2D eigenvalue weighted by Gasteiger charge is 2.29. The van der Waals surface area contributed by atoms with Gasteiger partial charge in [0.05, 0.1) is 9.82 Å². The lowest BCUT2D eigenvalue weighted by Crippen LogP contribution is -2.35. The topological polar surface area (TPSA) is 92.6 Å². The summed E-state index contributed by atoms with van der Waals surface area (Å²) in [7, 11) is -3.68. The van der Waals surface area contributed by atoms with Gasteiger partial charge in [-0.2, -0.15) is 4.31 Å². The standard InChI is InChI=1S/C16H25N3O4S/c1-4-16(2,3)17-14-9-8-13(12-15(14)19(20)21)24(22,23)18-10-6-5-7-11-18/h8-9,12,17H,4-7,10-11H2,1-3H3. The van der Waals surface area contributed by atoms with Gasteiger partial charge in [-0.1, -0.05) is 13.3 Å². The number of nitro groups is 1. The Bertz CT molecular complexity index is 710. The van der Waals surface area contributed by atoms with Crippen LogP contribution in [0.3, 0.4) is 0 Å². The van der Waals surface area contributed by atoms with Gasteiger partial charge in [-0.25, -0.2) is 8.42 Å². The van der Waals surface area contributed by atoms with E-state index in [0.29, 0.717) is 18.8 Å². The van der Waals surface area contributed by atoms with E-state index in [-0.39, 0.29) is 16.1 Å². The van der Waals surface area contributed by atoms with E-state index in [1.165, 1.54) is 16.4 Å². The van der Waals surface area contributed by atoms with Crippen LogP contribution in [0.2, 0.25) is 0 Å². The van der Waals surface area contributed by atoms with Crippen LogP contribution in [0.4, 0.5) is 11.4 Å². The summed E-state index contributed by atoms with van der Waals surface area (Å²) in [5.41, 5.74) is -0.197. The smallest absolute Gasteiger partial charge is 0.293 e. The quantitative estimate of drug-likeness (QED) is 0.624. The Morgan fingerprint density at radius 1 is 1.25 bits per heavy atom. The molecule has 0 amide bonds. The molecule has 8 heteroatoms. The van der Waals surface area contributed by atoms with Crippen molar-refractivity contribution in [3.63, 3.8) is 0 Å². The van der Waals surface area contributed by atoms with Crippen LogP contribution in [0, 0.1) is 10.1 Å². The molecule has 0 unspecified atom stereocenters. The second-order valence-corrected chi connectivity index (χ2v) is 8.70. The van der Waals surface area contributed by atoms with Crippen LogP contribution in [0.25, 0.3) is 0 Å². The summed E-state index contributed by atoms with van der Waals surface area (Å²) in [6.07, 6.45) is 3.44. The number of sulfonamides is 1. The maximum absolute atomic E-state index is 12.7. The first-order valence-corrected chi connectivity index (χ1v) is 9.68. The van der Waals surface area contributed by atoms with Crippen LogP contribution in [0.1, 0.15) is 46.5 Å². The number of nitrogens with one attached hydrogen (secondary N) is 1. The third-order valence-corrected chi connectivity index (χ3v) is 6.37. The molecule has 0 aliphatic carbocycles. The number of piperidine rings is 1. The maximum Gasteiger partial charge on any atom is 0.293 e. The number of anilines is 1. The minimum atomic E-state index is -3.68. The Labute approximate surface area is 143 Å². The molecule has 24 heavy (non-hydrogen) atoms. The number of benzene rings is 1. The minimum Gasteiger partial charge on any atom is -0.375 e. The summed E-state index contributed by atoms with van der Waals surface area (Å²) >= 11 is 0.